The Morgan fingerprint density at radius 1 is 1.88 bits per heavy atom. The first-order valence-corrected chi connectivity index (χ1v) is 1.83. The average molecular weight is 123 g/mol. The SMILES string of the molecule is [2H]C[N+](C[2H])(C[2H])[13C]([2H])([2H])C(=O)[O-]. The monoisotopic (exact) mass is 123 g/mol. The van der Waals surface area contributed by atoms with Crippen LogP contribution in [0.4, 0.5) is 0 Å². The molecule has 3 heteroatoms. The second-order valence-corrected chi connectivity index (χ2v) is 1.54. The molecule has 3 nitrogen and oxygen atoms in total. The van der Waals surface area contributed by atoms with Crippen LogP contribution >= 0.6 is 0 Å². The summed E-state index contributed by atoms with van der Waals surface area (Å²) in [6.07, 6.45) is 0. The molecule has 0 aromatic carbocycles. The van der Waals surface area contributed by atoms with Gasteiger partial charge in [-0.2, -0.15) is 0 Å². The van der Waals surface area contributed by atoms with Crippen molar-refractivity contribution in [3.05, 3.63) is 0 Å². The predicted octanol–water partition coefficient (Wildman–Crippen LogP) is -1.56. The van der Waals surface area contributed by atoms with Crippen molar-refractivity contribution in [1.29, 1.82) is 0 Å². The summed E-state index contributed by atoms with van der Waals surface area (Å²) >= 11 is 0. The normalized spacial score (nSPS) is 21.8. The van der Waals surface area contributed by atoms with Gasteiger partial charge in [0.15, 0.2) is 0 Å². The van der Waals surface area contributed by atoms with Crippen molar-refractivity contribution in [2.24, 2.45) is 0 Å². The van der Waals surface area contributed by atoms with Crippen molar-refractivity contribution in [2.45, 2.75) is 0 Å². The second-order valence-electron chi connectivity index (χ2n) is 1.54. The van der Waals surface area contributed by atoms with E-state index in [1.54, 1.807) is 0 Å². The van der Waals surface area contributed by atoms with Crippen LogP contribution in [0.5, 0.6) is 0 Å². The molecule has 8 heavy (non-hydrogen) atoms. The number of quaternary nitrogens is 1. The van der Waals surface area contributed by atoms with Crippen molar-refractivity contribution >= 4 is 5.97 Å². The lowest BCUT2D eigenvalue weighted by atomic mass is 10.8. The molecule has 0 fully saturated rings. The van der Waals surface area contributed by atoms with Gasteiger partial charge in [0, 0.05) is 0 Å². The lowest BCUT2D eigenvalue weighted by molar-refractivity contribution is -0.864. The fraction of sp³-hybridized carbons (Fsp3) is 0.800. The van der Waals surface area contributed by atoms with Gasteiger partial charge in [-0.1, -0.05) is 0 Å². The first-order valence-electron chi connectivity index (χ1n) is 4.95. The van der Waals surface area contributed by atoms with Crippen molar-refractivity contribution in [3.63, 3.8) is 0 Å². The third-order valence-electron chi connectivity index (χ3n) is 0.328. The zero-order chi connectivity index (χ0) is 10.7. The van der Waals surface area contributed by atoms with E-state index in [1.807, 2.05) is 0 Å². The second kappa shape index (κ2) is 2.13. The Hall–Kier alpha value is -0.570. The van der Waals surface area contributed by atoms with Crippen LogP contribution in [0.2, 0.25) is 0 Å². The van der Waals surface area contributed by atoms with Crippen LogP contribution in [0.15, 0.2) is 0 Å². The van der Waals surface area contributed by atoms with Crippen molar-refractivity contribution in [3.8, 4) is 0 Å². The number of hydrogen-bond acceptors (Lipinski definition) is 2. The lowest BCUT2D eigenvalue weighted by Crippen LogP contribution is -2.45. The first kappa shape index (κ1) is 2.35. The molecule has 0 aromatic rings. The summed E-state index contributed by atoms with van der Waals surface area (Å²) in [6.45, 7) is -2.86. The zero-order valence-electron chi connectivity index (χ0n) is 9.39. The van der Waals surface area contributed by atoms with Gasteiger partial charge < -0.3 is 14.4 Å². The number of carbonyl (C=O) groups is 1. The molecule has 0 amide bonds. The van der Waals surface area contributed by atoms with Gasteiger partial charge in [-0.15, -0.1) is 0 Å². The molecule has 0 rings (SSSR count). The van der Waals surface area contributed by atoms with Crippen LogP contribution in [0.25, 0.3) is 0 Å². The number of carboxylic acid groups (broad SMARTS) is 1. The van der Waals surface area contributed by atoms with E-state index < -0.39 is 38.0 Å². The standard InChI is InChI=1S/C5H11NO2/c1-6(2,3)4-5(7)8/h4H2,1-3H3/i1D,2D,3D,4+1D2. The van der Waals surface area contributed by atoms with Gasteiger partial charge in [-0.05, 0) is 0 Å². The van der Waals surface area contributed by atoms with E-state index in [9.17, 15) is 9.90 Å². The Kier molecular flexibility index (Phi) is 0.627. The van der Waals surface area contributed by atoms with Gasteiger partial charge in [-0.3, -0.25) is 0 Å². The number of likely N-dealkylation sites (N-methyl/N-ethyl adjacent to an activating group) is 1. The molecule has 0 saturated heterocycles. The highest BCUT2D eigenvalue weighted by Crippen LogP contribution is 1.84. The Labute approximate surface area is 56.1 Å². The highest BCUT2D eigenvalue weighted by Gasteiger charge is 2.04. The van der Waals surface area contributed by atoms with Gasteiger partial charge in [0.05, 0.1) is 33.9 Å². The number of aliphatic carboxylic acids is 1. The highest BCUT2D eigenvalue weighted by molar-refractivity contribution is 5.65. The minimum absolute atomic E-state index is 0.673. The fourth-order valence-electron chi connectivity index (χ4n) is 0.194. The third-order valence-corrected chi connectivity index (χ3v) is 0.328. The molecule has 48 valence electrons. The van der Waals surface area contributed by atoms with Crippen molar-refractivity contribution < 1.29 is 21.2 Å². The van der Waals surface area contributed by atoms with Gasteiger partial charge in [-0.25, -0.2) is 0 Å². The van der Waals surface area contributed by atoms with Crippen LogP contribution in [0.3, 0.4) is 0 Å². The topological polar surface area (TPSA) is 40.1 Å². The maximum absolute atomic E-state index is 10.4. The quantitative estimate of drug-likeness (QED) is 0.329. The van der Waals surface area contributed by atoms with E-state index in [2.05, 4.69) is 0 Å². The van der Waals surface area contributed by atoms with E-state index >= 15 is 0 Å². The molecule has 0 aliphatic rings. The van der Waals surface area contributed by atoms with Gasteiger partial charge in [0.1, 0.15) is 6.50 Å². The van der Waals surface area contributed by atoms with Crippen LogP contribution in [-0.4, -0.2) is 38.0 Å². The van der Waals surface area contributed by atoms with Crippen molar-refractivity contribution in [1.82, 2.24) is 0 Å². The Morgan fingerprint density at radius 2 is 2.38 bits per heavy atom. The molecule has 0 spiro atoms. The molecule has 0 unspecified atom stereocenters. The van der Waals surface area contributed by atoms with Crippen LogP contribution in [0, 0.1) is 0 Å². The minimum atomic E-state index is -2.86. The Morgan fingerprint density at radius 3 is 2.50 bits per heavy atom. The van der Waals surface area contributed by atoms with Gasteiger partial charge >= 0.3 is 0 Å². The van der Waals surface area contributed by atoms with Crippen LogP contribution in [0.1, 0.15) is 6.85 Å². The predicted molar refractivity (Wildman–Crippen MR) is 27.9 cm³/mol. The number of rotatable bonds is 2. The first-order chi connectivity index (χ1) is 5.88. The molecule has 0 radical (unpaired) electrons. The Balaban J connectivity index is 5.02. The fourth-order valence-corrected chi connectivity index (χ4v) is 0.194. The third kappa shape index (κ3) is 5.43. The lowest BCUT2D eigenvalue weighted by Gasteiger charge is -2.23. The largest absolute Gasteiger partial charge is 0.544 e. The average Bonchev–Trinajstić information content (AvgIpc) is 2.08. The highest BCUT2D eigenvalue weighted by atomic mass is 16.4. The molecule has 0 aromatic heterocycles. The molecule has 0 heterocycles. The summed E-state index contributed by atoms with van der Waals surface area (Å²) in [7, 11) is -2.02. The summed E-state index contributed by atoms with van der Waals surface area (Å²) in [5.41, 5.74) is 0. The maximum Gasteiger partial charge on any atom is 0.118 e. The van der Waals surface area contributed by atoms with E-state index in [-0.39, 0.29) is 0 Å². The Bertz CT molecular complexity index is 185. The minimum Gasteiger partial charge on any atom is -0.544 e. The van der Waals surface area contributed by atoms with E-state index in [1.165, 1.54) is 0 Å². The summed E-state index contributed by atoms with van der Waals surface area (Å²) in [4.78, 5) is 10.4. The summed E-state index contributed by atoms with van der Waals surface area (Å²) in [6, 6.07) is 0. The van der Waals surface area contributed by atoms with Crippen LogP contribution in [-0.2, 0) is 4.79 Å². The molecule has 0 aliphatic heterocycles. The summed E-state index contributed by atoms with van der Waals surface area (Å²) in [5.74, 6) is -1.99. The van der Waals surface area contributed by atoms with E-state index in [0.717, 1.165) is 0 Å². The molecule has 0 saturated carbocycles. The van der Waals surface area contributed by atoms with Gasteiger partial charge in [0.2, 0.25) is 0 Å². The van der Waals surface area contributed by atoms with Crippen LogP contribution < -0.4 is 5.11 Å². The molecule has 0 bridgehead atoms. The molecule has 0 N–H and O–H groups in total. The molecule has 0 aliphatic carbocycles. The number of carboxylic acids is 1. The van der Waals surface area contributed by atoms with Crippen molar-refractivity contribution in [2.75, 3.05) is 27.6 Å². The zero-order valence-corrected chi connectivity index (χ0v) is 4.39. The number of nitrogens with zero attached hydrogens (tertiary/aromatic N) is 1. The smallest absolute Gasteiger partial charge is 0.118 e. The van der Waals surface area contributed by atoms with E-state index in [4.69, 9.17) is 6.85 Å². The maximum atomic E-state index is 10.4. The van der Waals surface area contributed by atoms with Gasteiger partial charge in [0.25, 0.3) is 0 Å². The molecular weight excluding hydrogens is 107 g/mol. The summed E-state index contributed by atoms with van der Waals surface area (Å²) < 4.78 is 34.0. The number of carbonyl (C=O) groups excluding carboxylic acids is 1. The summed E-state index contributed by atoms with van der Waals surface area (Å²) in [5, 5.41) is 10.4. The molecular formula is C5H11NO2. The van der Waals surface area contributed by atoms with E-state index in [0.29, 0.717) is 0 Å². The number of hydrogen-bond donors (Lipinski definition) is 0. The molecule has 0 atom stereocenters.